The molecular weight excluding hydrogens is 466 g/mol. The number of hydrogen-bond acceptors (Lipinski definition) is 7. The minimum Gasteiger partial charge on any atom is -0.493 e. The molecule has 1 aliphatic rings. The monoisotopic (exact) mass is 491 g/mol. The number of nitrogens with zero attached hydrogens (tertiary/aromatic N) is 4. The van der Waals surface area contributed by atoms with Crippen LogP contribution in [0.1, 0.15) is 23.6 Å². The first-order chi connectivity index (χ1) is 16.9. The number of benzene rings is 2. The van der Waals surface area contributed by atoms with E-state index in [-0.39, 0.29) is 23.9 Å². The van der Waals surface area contributed by atoms with E-state index in [4.69, 9.17) is 14.5 Å². The summed E-state index contributed by atoms with van der Waals surface area (Å²) in [7, 11) is 3.10. The second-order valence-corrected chi connectivity index (χ2v) is 9.41. The summed E-state index contributed by atoms with van der Waals surface area (Å²) >= 11 is 1.47. The van der Waals surface area contributed by atoms with Crippen LogP contribution in [0.4, 0.5) is 5.69 Å². The Morgan fingerprint density at radius 2 is 1.91 bits per heavy atom. The largest absolute Gasteiger partial charge is 0.493 e. The second kappa shape index (κ2) is 9.10. The number of rotatable bonds is 6. The summed E-state index contributed by atoms with van der Waals surface area (Å²) in [6.45, 7) is 4.09. The van der Waals surface area contributed by atoms with E-state index in [9.17, 15) is 9.59 Å². The topological polar surface area (TPSA) is 100 Å². The minimum absolute atomic E-state index is 0.146. The number of amides is 1. The van der Waals surface area contributed by atoms with E-state index in [1.165, 1.54) is 17.3 Å². The van der Waals surface area contributed by atoms with Crippen LogP contribution < -0.4 is 20.3 Å². The number of aryl methyl sites for hydroxylation is 2. The molecule has 0 saturated heterocycles. The predicted octanol–water partition coefficient (Wildman–Crippen LogP) is 3.89. The fourth-order valence-corrected chi connectivity index (χ4v) is 5.30. The van der Waals surface area contributed by atoms with Crippen LogP contribution in [0.2, 0.25) is 0 Å². The third kappa shape index (κ3) is 4.14. The number of thioether (sulfide) groups is 1. The van der Waals surface area contributed by atoms with Crippen LogP contribution in [-0.2, 0) is 4.79 Å². The van der Waals surface area contributed by atoms with Gasteiger partial charge in [-0.05, 0) is 49.2 Å². The lowest BCUT2D eigenvalue weighted by molar-refractivity contribution is -0.116. The van der Waals surface area contributed by atoms with Gasteiger partial charge < -0.3 is 14.8 Å². The number of methoxy groups -OCH3 is 2. The van der Waals surface area contributed by atoms with Crippen molar-refractivity contribution in [1.82, 2.24) is 19.3 Å². The Kier molecular flexibility index (Phi) is 5.98. The van der Waals surface area contributed by atoms with Gasteiger partial charge in [0.1, 0.15) is 5.39 Å². The molecule has 5 rings (SSSR count). The molecule has 0 bridgehead atoms. The Balaban J connectivity index is 1.41. The molecular formula is C25H25N5O4S. The average molecular weight is 492 g/mol. The standard InChI is InChI=1S/C25H25N5O4S/c1-14-5-7-17(9-15(14)2)30-23-19(12-26-30)24(32)29-18(13-35-25(29)28-23)11-22(31)27-16-6-8-20(33-3)21(10-16)34-4/h5-10,12,18H,11,13H2,1-4H3,(H,27,31). The molecule has 3 heterocycles. The van der Waals surface area contributed by atoms with Gasteiger partial charge >= 0.3 is 0 Å². The number of nitrogens with one attached hydrogen (secondary N) is 1. The van der Waals surface area contributed by atoms with Crippen molar-refractivity contribution >= 4 is 34.4 Å². The molecule has 1 unspecified atom stereocenters. The number of fused-ring (bicyclic) bond motifs is 2. The molecule has 0 radical (unpaired) electrons. The Morgan fingerprint density at radius 1 is 1.11 bits per heavy atom. The Hall–Kier alpha value is -3.79. The summed E-state index contributed by atoms with van der Waals surface area (Å²) in [5.74, 6) is 1.49. The molecule has 1 atom stereocenters. The molecule has 0 saturated carbocycles. The maximum Gasteiger partial charge on any atom is 0.265 e. The predicted molar refractivity (Wildman–Crippen MR) is 135 cm³/mol. The first-order valence-electron chi connectivity index (χ1n) is 11.1. The zero-order chi connectivity index (χ0) is 24.7. The first kappa shape index (κ1) is 23.0. The SMILES string of the molecule is COc1ccc(NC(=O)CC2CSc3nc4c(cnn4-c4ccc(C)c(C)c4)c(=O)n32)cc1OC. The average Bonchev–Trinajstić information content (AvgIpc) is 3.45. The third-order valence-electron chi connectivity index (χ3n) is 6.19. The highest BCUT2D eigenvalue weighted by atomic mass is 32.2. The lowest BCUT2D eigenvalue weighted by Gasteiger charge is -2.14. The minimum atomic E-state index is -0.301. The molecule has 0 aliphatic carbocycles. The van der Waals surface area contributed by atoms with Crippen LogP contribution in [0.15, 0.2) is 52.5 Å². The molecule has 9 nitrogen and oxygen atoms in total. The van der Waals surface area contributed by atoms with E-state index in [1.807, 2.05) is 25.1 Å². The molecule has 0 spiro atoms. The maximum atomic E-state index is 13.4. The number of carbonyl (C=O) groups is 1. The molecule has 2 aromatic heterocycles. The third-order valence-corrected chi connectivity index (χ3v) is 7.29. The molecule has 10 heteroatoms. The van der Waals surface area contributed by atoms with Crippen molar-refractivity contribution in [2.75, 3.05) is 25.3 Å². The summed E-state index contributed by atoms with van der Waals surface area (Å²) in [5, 5.41) is 8.35. The highest BCUT2D eigenvalue weighted by Crippen LogP contribution is 2.34. The summed E-state index contributed by atoms with van der Waals surface area (Å²) in [6, 6.07) is 10.9. The van der Waals surface area contributed by atoms with Gasteiger partial charge in [0.05, 0.1) is 32.1 Å². The first-order valence-corrected chi connectivity index (χ1v) is 12.1. The van der Waals surface area contributed by atoms with Gasteiger partial charge in [0, 0.05) is 23.9 Å². The number of carbonyl (C=O) groups excluding carboxylic acids is 1. The molecule has 4 aromatic rings. The van der Waals surface area contributed by atoms with E-state index in [1.54, 1.807) is 47.9 Å². The van der Waals surface area contributed by atoms with E-state index in [0.717, 1.165) is 11.3 Å². The van der Waals surface area contributed by atoms with Gasteiger partial charge in [-0.3, -0.25) is 14.2 Å². The molecule has 1 N–H and O–H groups in total. The van der Waals surface area contributed by atoms with Crippen molar-refractivity contribution in [2.45, 2.75) is 31.5 Å². The van der Waals surface area contributed by atoms with Gasteiger partial charge in [-0.25, -0.2) is 9.67 Å². The molecule has 180 valence electrons. The van der Waals surface area contributed by atoms with Crippen molar-refractivity contribution in [2.24, 2.45) is 0 Å². The van der Waals surface area contributed by atoms with Crippen molar-refractivity contribution in [3.05, 3.63) is 64.1 Å². The Morgan fingerprint density at radius 3 is 2.66 bits per heavy atom. The molecule has 0 fully saturated rings. The fourth-order valence-electron chi connectivity index (χ4n) is 4.17. The summed E-state index contributed by atoms with van der Waals surface area (Å²) in [6.07, 6.45) is 1.70. The van der Waals surface area contributed by atoms with Crippen LogP contribution >= 0.6 is 11.8 Å². The van der Waals surface area contributed by atoms with Crippen LogP contribution in [0.3, 0.4) is 0 Å². The highest BCUT2D eigenvalue weighted by Gasteiger charge is 2.29. The van der Waals surface area contributed by atoms with Crippen LogP contribution in [0.5, 0.6) is 11.5 Å². The van der Waals surface area contributed by atoms with Gasteiger partial charge in [0.25, 0.3) is 5.56 Å². The van der Waals surface area contributed by atoms with Crippen LogP contribution in [0, 0.1) is 13.8 Å². The second-order valence-electron chi connectivity index (χ2n) is 8.42. The van der Waals surface area contributed by atoms with Crippen LogP contribution in [0.25, 0.3) is 16.7 Å². The number of anilines is 1. The van der Waals surface area contributed by atoms with E-state index in [2.05, 4.69) is 17.3 Å². The smallest absolute Gasteiger partial charge is 0.265 e. The van der Waals surface area contributed by atoms with E-state index < -0.39 is 0 Å². The zero-order valence-corrected chi connectivity index (χ0v) is 20.7. The maximum absolute atomic E-state index is 13.4. The van der Waals surface area contributed by atoms with Crippen molar-refractivity contribution < 1.29 is 14.3 Å². The molecule has 1 aliphatic heterocycles. The number of aromatic nitrogens is 4. The van der Waals surface area contributed by atoms with Gasteiger partial charge in [-0.2, -0.15) is 5.10 Å². The zero-order valence-electron chi connectivity index (χ0n) is 19.9. The fraction of sp³-hybridized carbons (Fsp3) is 0.280. The van der Waals surface area contributed by atoms with Crippen LogP contribution in [-0.4, -0.2) is 45.2 Å². The Bertz CT molecular complexity index is 1510. The number of hydrogen-bond donors (Lipinski definition) is 1. The van der Waals surface area contributed by atoms with Gasteiger partial charge in [-0.1, -0.05) is 17.8 Å². The summed E-state index contributed by atoms with van der Waals surface area (Å²) in [5.41, 5.74) is 4.10. The lowest BCUT2D eigenvalue weighted by atomic mass is 10.1. The van der Waals surface area contributed by atoms with E-state index >= 15 is 0 Å². The van der Waals surface area contributed by atoms with Gasteiger partial charge in [0.2, 0.25) is 5.91 Å². The lowest BCUT2D eigenvalue weighted by Crippen LogP contribution is -2.27. The summed E-state index contributed by atoms with van der Waals surface area (Å²) < 4.78 is 13.9. The molecule has 35 heavy (non-hydrogen) atoms. The van der Waals surface area contributed by atoms with Crippen molar-refractivity contribution in [1.29, 1.82) is 0 Å². The normalized spacial score (nSPS) is 14.7. The molecule has 2 aromatic carbocycles. The summed E-state index contributed by atoms with van der Waals surface area (Å²) in [4.78, 5) is 30.9. The quantitative estimate of drug-likeness (QED) is 0.409. The van der Waals surface area contributed by atoms with Gasteiger partial charge in [-0.15, -0.1) is 0 Å². The van der Waals surface area contributed by atoms with Gasteiger partial charge in [0.15, 0.2) is 22.3 Å². The van der Waals surface area contributed by atoms with E-state index in [0.29, 0.717) is 39.1 Å². The van der Waals surface area contributed by atoms with Crippen molar-refractivity contribution in [3.8, 4) is 17.2 Å². The molecule has 1 amide bonds. The Labute approximate surface area is 206 Å². The highest BCUT2D eigenvalue weighted by molar-refractivity contribution is 7.99. The van der Waals surface area contributed by atoms with Crippen molar-refractivity contribution in [3.63, 3.8) is 0 Å². The number of ether oxygens (including phenoxy) is 2.